The van der Waals surface area contributed by atoms with E-state index in [0.717, 1.165) is 24.3 Å². The molecule has 0 radical (unpaired) electrons. The zero-order valence-corrected chi connectivity index (χ0v) is 22.9. The summed E-state index contributed by atoms with van der Waals surface area (Å²) in [7, 11) is 1.56. The first-order valence-corrected chi connectivity index (χ1v) is 12.6. The molecule has 0 bridgehead atoms. The number of anilines is 4. The van der Waals surface area contributed by atoms with Crippen molar-refractivity contribution in [3.8, 4) is 11.8 Å². The molecule has 3 aromatic carbocycles. The summed E-state index contributed by atoms with van der Waals surface area (Å²) in [6.45, 7) is 5.13. The van der Waals surface area contributed by atoms with Gasteiger partial charge in [-0.25, -0.2) is 4.98 Å². The number of halogens is 3. The van der Waals surface area contributed by atoms with Crippen LogP contribution in [-0.4, -0.2) is 34.7 Å². The fourth-order valence-corrected chi connectivity index (χ4v) is 3.74. The summed E-state index contributed by atoms with van der Waals surface area (Å²) in [5, 5.41) is 10.7. The zero-order valence-electron chi connectivity index (χ0n) is 22.9. The van der Waals surface area contributed by atoms with Gasteiger partial charge < -0.3 is 26.0 Å². The average Bonchev–Trinajstić information content (AvgIpc) is 2.99. The van der Waals surface area contributed by atoms with Crippen molar-refractivity contribution in [2.75, 3.05) is 28.3 Å². The number of nitrogens with one attached hydrogen (secondary N) is 4. The molecular weight excluding hydrogens is 565 g/mol. The van der Waals surface area contributed by atoms with Gasteiger partial charge in [0, 0.05) is 35.9 Å². The van der Waals surface area contributed by atoms with Crippen molar-refractivity contribution < 1.29 is 32.3 Å². The standard InChI is InChI=1S/C30H25F3N6O4/c1-4-25(40)36-20-10-12-22(13-11-20)43-29-35-16-23(26(34-3)39-29)28(42)38-24-15-21(9-8-17(24)2)37-27(41)18-6-5-7-19(14-18)30(31,32)33/h4-16H,1H2,2-3H3,(H,36,40)(H,37,41)(H,38,42)(H,34,35,39). The van der Waals surface area contributed by atoms with E-state index in [1.54, 1.807) is 50.4 Å². The predicted octanol–water partition coefficient (Wildman–Crippen LogP) is 6.27. The highest BCUT2D eigenvalue weighted by atomic mass is 19.4. The molecule has 3 amide bonds. The van der Waals surface area contributed by atoms with Gasteiger partial charge in [-0.2, -0.15) is 18.2 Å². The number of carbonyl (C=O) groups is 3. The Morgan fingerprint density at radius 2 is 1.63 bits per heavy atom. The van der Waals surface area contributed by atoms with Gasteiger partial charge in [-0.05, 0) is 73.2 Å². The third-order valence-corrected chi connectivity index (χ3v) is 5.96. The fraction of sp³-hybridized carbons (Fsp3) is 0.100. The number of rotatable bonds is 9. The minimum atomic E-state index is -4.59. The number of benzene rings is 3. The first kappa shape index (κ1) is 30.2. The summed E-state index contributed by atoms with van der Waals surface area (Å²) in [6.07, 6.45) is -2.17. The van der Waals surface area contributed by atoms with Crippen LogP contribution in [0.5, 0.6) is 11.8 Å². The Morgan fingerprint density at radius 1 is 0.907 bits per heavy atom. The van der Waals surface area contributed by atoms with Crippen molar-refractivity contribution in [1.82, 2.24) is 9.97 Å². The molecular formula is C30H25F3N6O4. The van der Waals surface area contributed by atoms with Crippen molar-refractivity contribution >= 4 is 40.6 Å². The topological polar surface area (TPSA) is 134 Å². The van der Waals surface area contributed by atoms with Crippen LogP contribution in [0.2, 0.25) is 0 Å². The molecule has 43 heavy (non-hydrogen) atoms. The summed E-state index contributed by atoms with van der Waals surface area (Å²) < 4.78 is 44.8. The van der Waals surface area contributed by atoms with Crippen molar-refractivity contribution in [1.29, 1.82) is 0 Å². The molecule has 4 rings (SSSR count). The number of hydrogen-bond acceptors (Lipinski definition) is 7. The molecule has 0 spiro atoms. The lowest BCUT2D eigenvalue weighted by Gasteiger charge is -2.14. The highest BCUT2D eigenvalue weighted by Crippen LogP contribution is 2.30. The second kappa shape index (κ2) is 12.9. The van der Waals surface area contributed by atoms with E-state index >= 15 is 0 Å². The number of alkyl halides is 3. The molecule has 0 saturated carbocycles. The maximum Gasteiger partial charge on any atom is 0.416 e. The van der Waals surface area contributed by atoms with Crippen molar-refractivity contribution in [3.63, 3.8) is 0 Å². The normalized spacial score (nSPS) is 10.8. The van der Waals surface area contributed by atoms with E-state index in [9.17, 15) is 27.6 Å². The number of aromatic nitrogens is 2. The quantitative estimate of drug-likeness (QED) is 0.169. The number of aryl methyl sites for hydroxylation is 1. The van der Waals surface area contributed by atoms with E-state index in [1.807, 2.05) is 0 Å². The fourth-order valence-electron chi connectivity index (χ4n) is 3.74. The van der Waals surface area contributed by atoms with E-state index in [-0.39, 0.29) is 34.5 Å². The second-order valence-corrected chi connectivity index (χ2v) is 9.00. The molecule has 1 aromatic heterocycles. The van der Waals surface area contributed by atoms with E-state index in [0.29, 0.717) is 22.7 Å². The molecule has 0 fully saturated rings. The smallest absolute Gasteiger partial charge is 0.416 e. The molecule has 0 unspecified atom stereocenters. The van der Waals surface area contributed by atoms with Crippen LogP contribution in [0.15, 0.2) is 85.6 Å². The third-order valence-electron chi connectivity index (χ3n) is 5.96. The van der Waals surface area contributed by atoms with Crippen LogP contribution >= 0.6 is 0 Å². The molecule has 4 N–H and O–H groups in total. The van der Waals surface area contributed by atoms with Crippen LogP contribution < -0.4 is 26.0 Å². The largest absolute Gasteiger partial charge is 0.424 e. The van der Waals surface area contributed by atoms with E-state index in [4.69, 9.17) is 4.74 Å². The van der Waals surface area contributed by atoms with Crippen molar-refractivity contribution in [2.45, 2.75) is 13.1 Å². The van der Waals surface area contributed by atoms with Crippen LogP contribution in [0, 0.1) is 6.92 Å². The molecule has 0 saturated heterocycles. The summed E-state index contributed by atoms with van der Waals surface area (Å²) >= 11 is 0. The molecule has 4 aromatic rings. The Labute approximate surface area is 244 Å². The van der Waals surface area contributed by atoms with E-state index in [2.05, 4.69) is 37.8 Å². The molecule has 1 heterocycles. The molecule has 220 valence electrons. The van der Waals surface area contributed by atoms with E-state index in [1.165, 1.54) is 18.3 Å². The van der Waals surface area contributed by atoms with Gasteiger partial charge in [0.1, 0.15) is 17.1 Å². The molecule has 0 aliphatic rings. The number of carbonyl (C=O) groups excluding carboxylic acids is 3. The van der Waals surface area contributed by atoms with Gasteiger partial charge in [-0.15, -0.1) is 0 Å². The van der Waals surface area contributed by atoms with Gasteiger partial charge >= 0.3 is 12.2 Å². The Kier molecular flexibility index (Phi) is 9.04. The van der Waals surface area contributed by atoms with Gasteiger partial charge in [0.25, 0.3) is 11.8 Å². The Bertz CT molecular complexity index is 1690. The lowest BCUT2D eigenvalue weighted by molar-refractivity contribution is -0.137. The highest BCUT2D eigenvalue weighted by molar-refractivity contribution is 6.08. The molecule has 13 heteroatoms. The van der Waals surface area contributed by atoms with Gasteiger partial charge in [0.15, 0.2) is 0 Å². The van der Waals surface area contributed by atoms with Crippen LogP contribution in [0.1, 0.15) is 31.8 Å². The monoisotopic (exact) mass is 590 g/mol. The Hall–Kier alpha value is -5.72. The van der Waals surface area contributed by atoms with Gasteiger partial charge in [0.05, 0.1) is 5.56 Å². The minimum absolute atomic E-state index is 0.0424. The summed E-state index contributed by atoms with van der Waals surface area (Å²) in [5.74, 6) is -1.11. The predicted molar refractivity (Wildman–Crippen MR) is 155 cm³/mol. The highest BCUT2D eigenvalue weighted by Gasteiger charge is 2.31. The first-order valence-electron chi connectivity index (χ1n) is 12.6. The number of hydrogen-bond donors (Lipinski definition) is 4. The molecule has 0 atom stereocenters. The number of ether oxygens (including phenoxy) is 1. The van der Waals surface area contributed by atoms with E-state index < -0.39 is 23.6 Å². The van der Waals surface area contributed by atoms with Crippen LogP contribution in [-0.2, 0) is 11.0 Å². The summed E-state index contributed by atoms with van der Waals surface area (Å²) in [4.78, 5) is 45.6. The van der Waals surface area contributed by atoms with Gasteiger partial charge in [0.2, 0.25) is 5.91 Å². The van der Waals surface area contributed by atoms with Gasteiger partial charge in [-0.1, -0.05) is 18.7 Å². The number of nitrogens with zero attached hydrogens (tertiary/aromatic N) is 2. The maximum absolute atomic E-state index is 13.1. The number of amides is 3. The van der Waals surface area contributed by atoms with Crippen LogP contribution in [0.4, 0.5) is 36.1 Å². The lowest BCUT2D eigenvalue weighted by atomic mass is 10.1. The Morgan fingerprint density at radius 3 is 2.30 bits per heavy atom. The van der Waals surface area contributed by atoms with Crippen LogP contribution in [0.25, 0.3) is 0 Å². The second-order valence-electron chi connectivity index (χ2n) is 9.00. The third kappa shape index (κ3) is 7.73. The van der Waals surface area contributed by atoms with Crippen molar-refractivity contribution in [2.24, 2.45) is 0 Å². The molecule has 0 aliphatic heterocycles. The SMILES string of the molecule is C=CC(=O)Nc1ccc(Oc2ncc(C(=O)Nc3cc(NC(=O)c4cccc(C(F)(F)F)c4)ccc3C)c(NC)n2)cc1. The zero-order chi connectivity index (χ0) is 31.1. The maximum atomic E-state index is 13.1. The summed E-state index contributed by atoms with van der Waals surface area (Å²) in [6, 6.07) is 15.1. The molecule has 0 aliphatic carbocycles. The first-order chi connectivity index (χ1) is 20.5. The minimum Gasteiger partial charge on any atom is -0.424 e. The average molecular weight is 591 g/mol. The van der Waals surface area contributed by atoms with Gasteiger partial charge in [-0.3, -0.25) is 14.4 Å². The van der Waals surface area contributed by atoms with Crippen LogP contribution in [0.3, 0.4) is 0 Å². The lowest BCUT2D eigenvalue weighted by Crippen LogP contribution is -2.17. The summed E-state index contributed by atoms with van der Waals surface area (Å²) in [5.41, 5.74) is 0.776. The Balaban J connectivity index is 1.46. The van der Waals surface area contributed by atoms with Crippen molar-refractivity contribution in [3.05, 3.63) is 108 Å². The molecule has 10 nitrogen and oxygen atoms in total.